The van der Waals surface area contributed by atoms with Crippen LogP contribution in [0.4, 0.5) is 5.69 Å². The topological polar surface area (TPSA) is 70.7 Å². The summed E-state index contributed by atoms with van der Waals surface area (Å²) in [7, 11) is 0. The Balaban J connectivity index is 2.19. The van der Waals surface area contributed by atoms with Crippen LogP contribution in [0.2, 0.25) is 0 Å². The maximum absolute atomic E-state index is 12.2. The second-order valence-electron chi connectivity index (χ2n) is 4.33. The van der Waals surface area contributed by atoms with E-state index in [4.69, 9.17) is 5.26 Å². The highest BCUT2D eigenvalue weighted by atomic mass is 16.2. The monoisotopic (exact) mass is 268 g/mol. The van der Waals surface area contributed by atoms with Crippen molar-refractivity contribution in [3.05, 3.63) is 47.3 Å². The number of anilines is 1. The quantitative estimate of drug-likeness (QED) is 0.926. The van der Waals surface area contributed by atoms with Crippen molar-refractivity contribution in [2.24, 2.45) is 0 Å². The van der Waals surface area contributed by atoms with Crippen molar-refractivity contribution in [1.29, 1.82) is 5.26 Å². The first kappa shape index (κ1) is 13.8. The Kier molecular flexibility index (Phi) is 4.16. The van der Waals surface area contributed by atoms with E-state index in [0.29, 0.717) is 23.5 Å². The summed E-state index contributed by atoms with van der Waals surface area (Å²) in [4.78, 5) is 12.2. The van der Waals surface area contributed by atoms with Gasteiger partial charge in [0.25, 0.3) is 5.91 Å². The number of amides is 1. The molecule has 2 rings (SSSR count). The predicted octanol–water partition coefficient (Wildman–Crippen LogP) is 2.59. The molecule has 0 spiro atoms. The van der Waals surface area contributed by atoms with Crippen molar-refractivity contribution in [1.82, 2.24) is 9.78 Å². The van der Waals surface area contributed by atoms with Crippen LogP contribution in [0.15, 0.2) is 30.3 Å². The van der Waals surface area contributed by atoms with Crippen molar-refractivity contribution >= 4 is 11.6 Å². The van der Waals surface area contributed by atoms with E-state index in [2.05, 4.69) is 10.4 Å². The molecule has 0 unspecified atom stereocenters. The zero-order chi connectivity index (χ0) is 14.5. The summed E-state index contributed by atoms with van der Waals surface area (Å²) in [5.74, 6) is -0.191. The minimum Gasteiger partial charge on any atom is -0.321 e. The van der Waals surface area contributed by atoms with E-state index in [-0.39, 0.29) is 5.91 Å². The number of rotatable bonds is 4. The molecule has 1 heterocycles. The maximum Gasteiger partial charge on any atom is 0.273 e. The molecule has 5 nitrogen and oxygen atoms in total. The normalized spacial score (nSPS) is 10.1. The van der Waals surface area contributed by atoms with Gasteiger partial charge in [0, 0.05) is 12.2 Å². The third kappa shape index (κ3) is 2.86. The molecule has 0 bridgehead atoms. The summed E-state index contributed by atoms with van der Waals surface area (Å²) in [5.41, 5.74) is 2.68. The lowest BCUT2D eigenvalue weighted by atomic mass is 10.2. The third-order valence-electron chi connectivity index (χ3n) is 3.00. The molecule has 5 heteroatoms. The van der Waals surface area contributed by atoms with Gasteiger partial charge in [-0.05, 0) is 43.7 Å². The second-order valence-corrected chi connectivity index (χ2v) is 4.33. The number of hydrogen-bond acceptors (Lipinski definition) is 3. The highest BCUT2D eigenvalue weighted by Crippen LogP contribution is 2.12. The van der Waals surface area contributed by atoms with Gasteiger partial charge < -0.3 is 5.32 Å². The lowest BCUT2D eigenvalue weighted by Gasteiger charge is -2.06. The van der Waals surface area contributed by atoms with E-state index in [1.54, 1.807) is 28.9 Å². The molecule has 1 aromatic carbocycles. The van der Waals surface area contributed by atoms with Crippen molar-refractivity contribution in [2.75, 3.05) is 5.32 Å². The molecule has 0 fully saturated rings. The van der Waals surface area contributed by atoms with Gasteiger partial charge in [-0.15, -0.1) is 0 Å². The average Bonchev–Trinajstić information content (AvgIpc) is 2.91. The van der Waals surface area contributed by atoms with Gasteiger partial charge >= 0.3 is 0 Å². The number of benzene rings is 1. The van der Waals surface area contributed by atoms with E-state index in [9.17, 15) is 4.79 Å². The van der Waals surface area contributed by atoms with Gasteiger partial charge in [0.05, 0.1) is 17.3 Å². The molecule has 0 saturated carbocycles. The van der Waals surface area contributed by atoms with Crippen LogP contribution in [0.25, 0.3) is 0 Å². The van der Waals surface area contributed by atoms with E-state index in [1.165, 1.54) is 0 Å². The summed E-state index contributed by atoms with van der Waals surface area (Å²) in [5, 5.41) is 15.9. The number of aromatic nitrogens is 2. The van der Waals surface area contributed by atoms with Gasteiger partial charge in [-0.2, -0.15) is 10.4 Å². The first-order valence-electron chi connectivity index (χ1n) is 6.56. The zero-order valence-electron chi connectivity index (χ0n) is 11.6. The Hall–Kier alpha value is -2.61. The van der Waals surface area contributed by atoms with E-state index >= 15 is 0 Å². The molecule has 0 atom stereocenters. The summed E-state index contributed by atoms with van der Waals surface area (Å²) in [6.45, 7) is 4.60. The van der Waals surface area contributed by atoms with Crippen LogP contribution < -0.4 is 5.32 Å². The molecular formula is C15H16N4O. The average molecular weight is 268 g/mol. The van der Waals surface area contributed by atoms with Crippen molar-refractivity contribution in [3.63, 3.8) is 0 Å². The van der Waals surface area contributed by atoms with Gasteiger partial charge in [0.15, 0.2) is 0 Å². The molecule has 1 N–H and O–H groups in total. The van der Waals surface area contributed by atoms with Gasteiger partial charge in [-0.25, -0.2) is 0 Å². The summed E-state index contributed by atoms with van der Waals surface area (Å²) in [6.07, 6.45) is 0.796. The van der Waals surface area contributed by atoms with Crippen LogP contribution in [0.5, 0.6) is 0 Å². The molecule has 0 aliphatic heterocycles. The van der Waals surface area contributed by atoms with Crippen LogP contribution in [0, 0.1) is 11.3 Å². The fourth-order valence-corrected chi connectivity index (χ4v) is 1.89. The molecule has 0 radical (unpaired) electrons. The Labute approximate surface area is 117 Å². The third-order valence-corrected chi connectivity index (χ3v) is 3.00. The van der Waals surface area contributed by atoms with Crippen molar-refractivity contribution in [2.45, 2.75) is 26.8 Å². The highest BCUT2D eigenvalue weighted by Gasteiger charge is 2.14. The minimum absolute atomic E-state index is 0.191. The summed E-state index contributed by atoms with van der Waals surface area (Å²) < 4.78 is 1.69. The van der Waals surface area contributed by atoms with Gasteiger partial charge in [0.2, 0.25) is 0 Å². The lowest BCUT2D eigenvalue weighted by Crippen LogP contribution is -2.17. The van der Waals surface area contributed by atoms with Crippen LogP contribution in [-0.4, -0.2) is 15.7 Å². The molecule has 0 aliphatic rings. The minimum atomic E-state index is -0.191. The van der Waals surface area contributed by atoms with Gasteiger partial charge in [-0.3, -0.25) is 9.48 Å². The molecule has 0 aliphatic carbocycles. The Bertz CT molecular complexity index is 650. The van der Waals surface area contributed by atoms with Crippen LogP contribution in [-0.2, 0) is 13.0 Å². The van der Waals surface area contributed by atoms with Gasteiger partial charge in [0.1, 0.15) is 5.69 Å². The molecule has 102 valence electrons. The Morgan fingerprint density at radius 3 is 2.60 bits per heavy atom. The fraction of sp³-hybridized carbons (Fsp3) is 0.267. The van der Waals surface area contributed by atoms with Crippen LogP contribution in [0.1, 0.15) is 35.6 Å². The largest absolute Gasteiger partial charge is 0.321 e. The second kappa shape index (κ2) is 6.02. The number of nitriles is 1. The lowest BCUT2D eigenvalue weighted by molar-refractivity contribution is 0.101. The van der Waals surface area contributed by atoms with E-state index in [0.717, 1.165) is 12.1 Å². The van der Waals surface area contributed by atoms with E-state index < -0.39 is 0 Å². The smallest absolute Gasteiger partial charge is 0.273 e. The molecular weight excluding hydrogens is 252 g/mol. The number of carbonyl (C=O) groups excluding carboxylic acids is 1. The Morgan fingerprint density at radius 1 is 1.35 bits per heavy atom. The standard InChI is InChI=1S/C15H16N4O/c1-3-12-9-14(19(4-2)18-12)15(20)17-13-7-5-11(10-16)6-8-13/h5-9H,3-4H2,1-2H3,(H,17,20). The number of nitrogens with zero attached hydrogens (tertiary/aromatic N) is 3. The molecule has 20 heavy (non-hydrogen) atoms. The first-order chi connectivity index (χ1) is 9.67. The zero-order valence-corrected chi connectivity index (χ0v) is 11.6. The van der Waals surface area contributed by atoms with Crippen molar-refractivity contribution < 1.29 is 4.79 Å². The Morgan fingerprint density at radius 2 is 2.05 bits per heavy atom. The molecule has 2 aromatic rings. The maximum atomic E-state index is 12.2. The first-order valence-corrected chi connectivity index (χ1v) is 6.56. The number of hydrogen-bond donors (Lipinski definition) is 1. The van der Waals surface area contributed by atoms with Crippen LogP contribution >= 0.6 is 0 Å². The number of nitrogens with one attached hydrogen (secondary N) is 1. The fourth-order valence-electron chi connectivity index (χ4n) is 1.89. The molecule has 1 aromatic heterocycles. The van der Waals surface area contributed by atoms with E-state index in [1.807, 2.05) is 26.0 Å². The molecule has 1 amide bonds. The summed E-state index contributed by atoms with van der Waals surface area (Å²) >= 11 is 0. The number of aryl methyl sites for hydroxylation is 2. The predicted molar refractivity (Wildman–Crippen MR) is 76.4 cm³/mol. The molecule has 0 saturated heterocycles. The SMILES string of the molecule is CCc1cc(C(=O)Nc2ccc(C#N)cc2)n(CC)n1. The summed E-state index contributed by atoms with van der Waals surface area (Å²) in [6, 6.07) is 10.6. The van der Waals surface area contributed by atoms with Gasteiger partial charge in [-0.1, -0.05) is 6.92 Å². The van der Waals surface area contributed by atoms with Crippen molar-refractivity contribution in [3.8, 4) is 6.07 Å². The highest BCUT2D eigenvalue weighted by molar-refractivity contribution is 6.03. The van der Waals surface area contributed by atoms with Crippen LogP contribution in [0.3, 0.4) is 0 Å². The number of carbonyl (C=O) groups is 1.